The van der Waals surface area contributed by atoms with E-state index in [1.807, 2.05) is 4.90 Å². The van der Waals surface area contributed by atoms with Gasteiger partial charge in [-0.25, -0.2) is 0 Å². The fourth-order valence-electron chi connectivity index (χ4n) is 3.19. The Bertz CT molecular complexity index is 278. The van der Waals surface area contributed by atoms with Crippen LogP contribution < -0.4 is 5.73 Å². The second-order valence-corrected chi connectivity index (χ2v) is 6.83. The SMILES string of the molecule is CCCCCCCCCCCC(=O)N1CCC(C(C)N)C1. The Morgan fingerprint density at radius 2 is 1.67 bits per heavy atom. The van der Waals surface area contributed by atoms with Gasteiger partial charge in [0.25, 0.3) is 0 Å². The number of hydrogen-bond acceptors (Lipinski definition) is 2. The zero-order chi connectivity index (χ0) is 15.5. The van der Waals surface area contributed by atoms with Crippen LogP contribution in [0.25, 0.3) is 0 Å². The first kappa shape index (κ1) is 18.5. The van der Waals surface area contributed by atoms with Crippen LogP contribution >= 0.6 is 0 Å². The van der Waals surface area contributed by atoms with E-state index in [9.17, 15) is 4.79 Å². The highest BCUT2D eigenvalue weighted by Crippen LogP contribution is 2.20. The van der Waals surface area contributed by atoms with Gasteiger partial charge >= 0.3 is 0 Å². The van der Waals surface area contributed by atoms with Crippen LogP contribution in [0.15, 0.2) is 0 Å². The third kappa shape index (κ3) is 7.85. The Hall–Kier alpha value is -0.570. The van der Waals surface area contributed by atoms with Gasteiger partial charge in [-0.1, -0.05) is 58.3 Å². The van der Waals surface area contributed by atoms with Crippen LogP contribution in [-0.4, -0.2) is 29.9 Å². The lowest BCUT2D eigenvalue weighted by Gasteiger charge is -2.18. The monoisotopic (exact) mass is 296 g/mol. The number of hydrogen-bond donors (Lipinski definition) is 1. The van der Waals surface area contributed by atoms with Gasteiger partial charge in [0.05, 0.1) is 0 Å². The van der Waals surface area contributed by atoms with Gasteiger partial charge < -0.3 is 10.6 Å². The van der Waals surface area contributed by atoms with Crippen LogP contribution in [0.2, 0.25) is 0 Å². The summed E-state index contributed by atoms with van der Waals surface area (Å²) in [5.74, 6) is 0.859. The number of nitrogens with zero attached hydrogens (tertiary/aromatic N) is 1. The van der Waals surface area contributed by atoms with Gasteiger partial charge in [0, 0.05) is 25.6 Å². The lowest BCUT2D eigenvalue weighted by molar-refractivity contribution is -0.130. The maximum atomic E-state index is 12.1. The quantitative estimate of drug-likeness (QED) is 0.583. The van der Waals surface area contributed by atoms with Crippen LogP contribution in [-0.2, 0) is 4.79 Å². The van der Waals surface area contributed by atoms with Crippen LogP contribution in [0.3, 0.4) is 0 Å². The molecule has 2 unspecified atom stereocenters. The van der Waals surface area contributed by atoms with Crippen molar-refractivity contribution in [3.63, 3.8) is 0 Å². The molecule has 2 N–H and O–H groups in total. The molecule has 0 bridgehead atoms. The third-order valence-corrected chi connectivity index (χ3v) is 4.82. The normalized spacial score (nSPS) is 20.0. The highest BCUT2D eigenvalue weighted by atomic mass is 16.2. The standard InChI is InChI=1S/C18H36N2O/c1-3-4-5-6-7-8-9-10-11-12-18(21)20-14-13-17(15-20)16(2)19/h16-17H,3-15,19H2,1-2H3. The van der Waals surface area contributed by atoms with Crippen molar-refractivity contribution in [2.45, 2.75) is 90.5 Å². The van der Waals surface area contributed by atoms with E-state index in [2.05, 4.69) is 13.8 Å². The zero-order valence-electron chi connectivity index (χ0n) is 14.3. The van der Waals surface area contributed by atoms with Crippen LogP contribution in [0.1, 0.15) is 84.5 Å². The summed E-state index contributed by atoms with van der Waals surface area (Å²) in [5, 5.41) is 0. The minimum absolute atomic E-state index is 0.218. The number of carbonyl (C=O) groups excluding carboxylic acids is 1. The summed E-state index contributed by atoms with van der Waals surface area (Å²) >= 11 is 0. The Morgan fingerprint density at radius 1 is 1.10 bits per heavy atom. The van der Waals surface area contributed by atoms with Gasteiger partial charge in [-0.3, -0.25) is 4.79 Å². The minimum atomic E-state index is 0.218. The van der Waals surface area contributed by atoms with Crippen molar-refractivity contribution in [3.8, 4) is 0 Å². The molecule has 1 aliphatic rings. The van der Waals surface area contributed by atoms with Gasteiger partial charge in [-0.2, -0.15) is 0 Å². The van der Waals surface area contributed by atoms with E-state index in [0.29, 0.717) is 11.8 Å². The summed E-state index contributed by atoms with van der Waals surface area (Å²) in [5.41, 5.74) is 5.92. The molecular weight excluding hydrogens is 260 g/mol. The first-order valence-corrected chi connectivity index (χ1v) is 9.18. The molecule has 1 fully saturated rings. The highest BCUT2D eigenvalue weighted by Gasteiger charge is 2.27. The fraction of sp³-hybridized carbons (Fsp3) is 0.944. The Morgan fingerprint density at radius 3 is 2.19 bits per heavy atom. The maximum Gasteiger partial charge on any atom is 0.222 e. The molecule has 21 heavy (non-hydrogen) atoms. The number of carbonyl (C=O) groups is 1. The van der Waals surface area contributed by atoms with Crippen molar-refractivity contribution in [2.75, 3.05) is 13.1 Å². The molecular formula is C18H36N2O. The molecule has 1 aliphatic heterocycles. The lowest BCUT2D eigenvalue weighted by Crippen LogP contribution is -2.32. The molecule has 0 aromatic rings. The van der Waals surface area contributed by atoms with Gasteiger partial charge in [0.2, 0.25) is 5.91 Å². The maximum absolute atomic E-state index is 12.1. The van der Waals surface area contributed by atoms with E-state index >= 15 is 0 Å². The molecule has 0 aromatic carbocycles. The molecule has 1 heterocycles. The van der Waals surface area contributed by atoms with E-state index in [0.717, 1.165) is 32.4 Å². The summed E-state index contributed by atoms with van der Waals surface area (Å²) in [4.78, 5) is 14.1. The smallest absolute Gasteiger partial charge is 0.222 e. The molecule has 0 aromatic heterocycles. The summed E-state index contributed by atoms with van der Waals surface area (Å²) in [7, 11) is 0. The Kier molecular flexibility index (Phi) is 9.73. The van der Waals surface area contributed by atoms with Crippen LogP contribution in [0.5, 0.6) is 0 Å². The predicted octanol–water partition coefficient (Wildman–Crippen LogP) is 4.10. The molecule has 1 saturated heterocycles. The zero-order valence-corrected chi connectivity index (χ0v) is 14.3. The average Bonchev–Trinajstić information content (AvgIpc) is 2.95. The lowest BCUT2D eigenvalue weighted by atomic mass is 10.0. The average molecular weight is 296 g/mol. The van der Waals surface area contributed by atoms with Crippen molar-refractivity contribution < 1.29 is 4.79 Å². The van der Waals surface area contributed by atoms with Gasteiger partial charge in [-0.05, 0) is 25.7 Å². The van der Waals surface area contributed by atoms with Gasteiger partial charge in [0.1, 0.15) is 0 Å². The molecule has 0 saturated carbocycles. The molecule has 2 atom stereocenters. The van der Waals surface area contributed by atoms with E-state index in [-0.39, 0.29) is 6.04 Å². The summed E-state index contributed by atoms with van der Waals surface area (Å²) in [6, 6.07) is 0.218. The topological polar surface area (TPSA) is 46.3 Å². The molecule has 3 heteroatoms. The molecule has 0 aliphatic carbocycles. The first-order valence-electron chi connectivity index (χ1n) is 9.18. The molecule has 124 valence electrons. The Balaban J connectivity index is 1.94. The van der Waals surface area contributed by atoms with Crippen LogP contribution in [0, 0.1) is 5.92 Å². The van der Waals surface area contributed by atoms with E-state index in [4.69, 9.17) is 5.73 Å². The molecule has 3 nitrogen and oxygen atoms in total. The summed E-state index contributed by atoms with van der Waals surface area (Å²) < 4.78 is 0. The minimum Gasteiger partial charge on any atom is -0.342 e. The molecule has 0 spiro atoms. The number of likely N-dealkylation sites (tertiary alicyclic amines) is 1. The van der Waals surface area contributed by atoms with Gasteiger partial charge in [-0.15, -0.1) is 0 Å². The van der Waals surface area contributed by atoms with Crippen molar-refractivity contribution >= 4 is 5.91 Å². The largest absolute Gasteiger partial charge is 0.342 e. The number of rotatable bonds is 11. The molecule has 0 radical (unpaired) electrons. The number of amides is 1. The fourth-order valence-corrected chi connectivity index (χ4v) is 3.19. The second-order valence-electron chi connectivity index (χ2n) is 6.83. The second kappa shape index (κ2) is 11.1. The molecule has 1 amide bonds. The van der Waals surface area contributed by atoms with Crippen molar-refractivity contribution in [1.82, 2.24) is 4.90 Å². The van der Waals surface area contributed by atoms with Crippen LogP contribution in [0.4, 0.5) is 0 Å². The predicted molar refractivity (Wildman–Crippen MR) is 90.2 cm³/mol. The van der Waals surface area contributed by atoms with Crippen molar-refractivity contribution in [2.24, 2.45) is 11.7 Å². The van der Waals surface area contributed by atoms with Gasteiger partial charge in [0.15, 0.2) is 0 Å². The van der Waals surface area contributed by atoms with Crippen molar-refractivity contribution in [1.29, 1.82) is 0 Å². The van der Waals surface area contributed by atoms with E-state index < -0.39 is 0 Å². The third-order valence-electron chi connectivity index (χ3n) is 4.82. The Labute approximate surface area is 131 Å². The van der Waals surface area contributed by atoms with Crippen molar-refractivity contribution in [3.05, 3.63) is 0 Å². The highest BCUT2D eigenvalue weighted by molar-refractivity contribution is 5.76. The van der Waals surface area contributed by atoms with E-state index in [1.54, 1.807) is 0 Å². The summed E-state index contributed by atoms with van der Waals surface area (Å²) in [6.45, 7) is 6.11. The summed E-state index contributed by atoms with van der Waals surface area (Å²) in [6.07, 6.45) is 13.6. The molecule has 1 rings (SSSR count). The number of unbranched alkanes of at least 4 members (excludes halogenated alkanes) is 8. The van der Waals surface area contributed by atoms with E-state index in [1.165, 1.54) is 51.4 Å². The first-order chi connectivity index (χ1) is 10.1. The number of nitrogens with two attached hydrogens (primary N) is 1.